The van der Waals surface area contributed by atoms with Crippen LogP contribution < -0.4 is 19.3 Å². The van der Waals surface area contributed by atoms with Crippen molar-refractivity contribution in [1.82, 2.24) is 9.97 Å². The summed E-state index contributed by atoms with van der Waals surface area (Å²) in [5.41, 5.74) is 11.6. The minimum absolute atomic E-state index is 0.128. The van der Waals surface area contributed by atoms with Crippen molar-refractivity contribution in [2.45, 2.75) is 85.4 Å². The molecule has 2 aliphatic heterocycles. The van der Waals surface area contributed by atoms with Gasteiger partial charge in [0.05, 0.1) is 19.4 Å². The van der Waals surface area contributed by atoms with E-state index in [-0.39, 0.29) is 12.4 Å². The van der Waals surface area contributed by atoms with Crippen LogP contribution in [0.15, 0.2) is 84.9 Å². The smallest absolute Gasteiger partial charge is 0.306 e. The van der Waals surface area contributed by atoms with Crippen LogP contribution in [0.2, 0.25) is 0 Å². The summed E-state index contributed by atoms with van der Waals surface area (Å²) in [4.78, 5) is 33.9. The first-order chi connectivity index (χ1) is 28.2. The van der Waals surface area contributed by atoms with Crippen molar-refractivity contribution < 1.29 is 28.9 Å². The number of aryl methyl sites for hydroxylation is 4. The molecule has 304 valence electrons. The standard InChI is InChI=1S/C25H30N2O3.C23H26N2O3/c1-3-29-25(28)11-7-21-15-20-16-22(8-9-23(20)26-21)30-17-19-6-10-24(18(2)14-19)27-12-4-5-13-27;1-16-12-17(4-8-22(16)25-10-2-3-11-25)15-28-20-6-7-21-18(14-20)13-19(24-21)5-9-23(26)27/h6,8-10,14-16,26H,3-5,7,11-13,17H2,1-2H3;4,6-8,12-14,24H,2-3,5,9-11,15H2,1H3,(H,26,27). The van der Waals surface area contributed by atoms with Crippen molar-refractivity contribution in [2.24, 2.45) is 0 Å². The van der Waals surface area contributed by atoms with E-state index in [1.165, 1.54) is 53.7 Å². The minimum atomic E-state index is -0.784. The van der Waals surface area contributed by atoms with Crippen molar-refractivity contribution in [3.8, 4) is 11.5 Å². The van der Waals surface area contributed by atoms with Gasteiger partial charge in [0.2, 0.25) is 0 Å². The van der Waals surface area contributed by atoms with E-state index in [1.54, 1.807) is 0 Å². The van der Waals surface area contributed by atoms with Crippen LogP contribution in [0.4, 0.5) is 11.4 Å². The number of hydrogen-bond acceptors (Lipinski definition) is 7. The molecule has 3 N–H and O–H groups in total. The molecule has 0 radical (unpaired) electrons. The second-order valence-corrected chi connectivity index (χ2v) is 15.5. The molecule has 0 amide bonds. The summed E-state index contributed by atoms with van der Waals surface area (Å²) < 4.78 is 17.1. The molecular formula is C48H56N4O6. The number of H-pyrrole nitrogens is 2. The molecule has 10 nitrogen and oxygen atoms in total. The Labute approximate surface area is 341 Å². The molecule has 2 aromatic heterocycles. The number of rotatable bonds is 15. The zero-order valence-corrected chi connectivity index (χ0v) is 34.1. The lowest BCUT2D eigenvalue weighted by atomic mass is 10.1. The lowest BCUT2D eigenvalue weighted by molar-refractivity contribution is -0.143. The Morgan fingerprint density at radius 1 is 0.621 bits per heavy atom. The number of esters is 1. The fourth-order valence-electron chi connectivity index (χ4n) is 8.08. The van der Waals surface area contributed by atoms with Gasteiger partial charge in [0, 0.05) is 70.7 Å². The van der Waals surface area contributed by atoms with Gasteiger partial charge in [-0.1, -0.05) is 24.3 Å². The van der Waals surface area contributed by atoms with Crippen molar-refractivity contribution in [2.75, 3.05) is 42.6 Å². The van der Waals surface area contributed by atoms with E-state index in [2.05, 4.69) is 76.1 Å². The predicted octanol–water partition coefficient (Wildman–Crippen LogP) is 9.82. The summed E-state index contributed by atoms with van der Waals surface area (Å²) >= 11 is 0. The number of aromatic amines is 2. The van der Waals surface area contributed by atoms with Gasteiger partial charge in [0.25, 0.3) is 0 Å². The first-order valence-corrected chi connectivity index (χ1v) is 20.8. The fourth-order valence-corrected chi connectivity index (χ4v) is 8.08. The Bertz CT molecular complexity index is 2330. The Morgan fingerprint density at radius 3 is 1.52 bits per heavy atom. The van der Waals surface area contributed by atoms with Gasteiger partial charge >= 0.3 is 11.9 Å². The summed E-state index contributed by atoms with van der Waals surface area (Å²) in [6.07, 6.45) is 6.80. The van der Waals surface area contributed by atoms with Crippen LogP contribution in [0.3, 0.4) is 0 Å². The zero-order valence-electron chi connectivity index (χ0n) is 34.1. The number of anilines is 2. The number of ether oxygens (including phenoxy) is 3. The average Bonchev–Trinajstić information content (AvgIpc) is 4.06. The molecule has 2 aliphatic rings. The molecule has 6 aromatic rings. The number of aromatic nitrogens is 2. The van der Waals surface area contributed by atoms with Gasteiger partial charge in [-0.2, -0.15) is 0 Å². The third kappa shape index (κ3) is 10.5. The molecule has 4 heterocycles. The normalized spacial score (nSPS) is 13.8. The molecule has 0 unspecified atom stereocenters. The second-order valence-electron chi connectivity index (χ2n) is 15.5. The van der Waals surface area contributed by atoms with Gasteiger partial charge in [-0.3, -0.25) is 9.59 Å². The topological polar surface area (TPSA) is 120 Å². The molecule has 58 heavy (non-hydrogen) atoms. The molecule has 4 aromatic carbocycles. The number of carboxylic acids is 1. The van der Waals surface area contributed by atoms with Crippen LogP contribution >= 0.6 is 0 Å². The molecule has 2 saturated heterocycles. The highest BCUT2D eigenvalue weighted by Crippen LogP contribution is 2.29. The minimum Gasteiger partial charge on any atom is -0.489 e. The van der Waals surface area contributed by atoms with Crippen molar-refractivity contribution in [3.63, 3.8) is 0 Å². The van der Waals surface area contributed by atoms with Crippen LogP contribution in [-0.4, -0.2) is 59.8 Å². The van der Waals surface area contributed by atoms with E-state index in [0.717, 1.165) is 76.4 Å². The molecule has 0 saturated carbocycles. The number of nitrogens with one attached hydrogen (secondary N) is 2. The van der Waals surface area contributed by atoms with Crippen molar-refractivity contribution >= 4 is 45.1 Å². The quantitative estimate of drug-likeness (QED) is 0.0881. The number of benzene rings is 4. The average molecular weight is 785 g/mol. The zero-order chi connectivity index (χ0) is 40.4. The van der Waals surface area contributed by atoms with Crippen LogP contribution in [0.25, 0.3) is 21.8 Å². The molecule has 0 bridgehead atoms. The third-order valence-electron chi connectivity index (χ3n) is 11.0. The maximum atomic E-state index is 11.6. The van der Waals surface area contributed by atoms with Crippen LogP contribution in [0.5, 0.6) is 11.5 Å². The second kappa shape index (κ2) is 19.0. The molecule has 10 heteroatoms. The third-order valence-corrected chi connectivity index (χ3v) is 11.0. The lowest BCUT2D eigenvalue weighted by Crippen LogP contribution is -2.18. The Hall–Kier alpha value is -5.90. The first-order valence-electron chi connectivity index (χ1n) is 20.8. The highest BCUT2D eigenvalue weighted by Gasteiger charge is 2.16. The maximum Gasteiger partial charge on any atom is 0.306 e. The number of carboxylic acid groups (broad SMARTS) is 1. The van der Waals surface area contributed by atoms with Gasteiger partial charge in [-0.15, -0.1) is 0 Å². The SMILES string of the molecule is CCOC(=O)CCc1cc2cc(OCc3ccc(N4CCCC4)c(C)c3)ccc2[nH]1.Cc1cc(COc2ccc3[nH]c(CCC(=O)O)cc3c2)ccc1N1CCCC1. The van der Waals surface area contributed by atoms with E-state index < -0.39 is 5.97 Å². The Morgan fingerprint density at radius 2 is 1.09 bits per heavy atom. The molecule has 0 aliphatic carbocycles. The number of carbonyl (C=O) groups excluding carboxylic acids is 1. The maximum absolute atomic E-state index is 11.6. The largest absolute Gasteiger partial charge is 0.489 e. The number of hydrogen-bond donors (Lipinski definition) is 3. The van der Waals surface area contributed by atoms with Crippen molar-refractivity contribution in [3.05, 3.63) is 119 Å². The fraction of sp³-hybridized carbons (Fsp3) is 0.375. The van der Waals surface area contributed by atoms with Gasteiger partial charge in [0.1, 0.15) is 24.7 Å². The summed E-state index contributed by atoms with van der Waals surface area (Å²) in [5, 5.41) is 11.0. The van der Waals surface area contributed by atoms with Crippen LogP contribution in [-0.2, 0) is 40.4 Å². The van der Waals surface area contributed by atoms with Gasteiger partial charge in [0.15, 0.2) is 0 Å². The predicted molar refractivity (Wildman–Crippen MR) is 231 cm³/mol. The highest BCUT2D eigenvalue weighted by atomic mass is 16.5. The van der Waals surface area contributed by atoms with Gasteiger partial charge < -0.3 is 39.1 Å². The molecule has 0 spiro atoms. The Kier molecular flexibility index (Phi) is 13.2. The van der Waals surface area contributed by atoms with Crippen molar-refractivity contribution in [1.29, 1.82) is 0 Å². The van der Waals surface area contributed by atoms with Crippen LogP contribution in [0, 0.1) is 13.8 Å². The van der Waals surface area contributed by atoms with Gasteiger partial charge in [-0.05, 0) is 142 Å². The van der Waals surface area contributed by atoms with Crippen LogP contribution in [0.1, 0.15) is 79.1 Å². The first kappa shape index (κ1) is 40.3. The lowest BCUT2D eigenvalue weighted by Gasteiger charge is -2.20. The number of carbonyl (C=O) groups is 2. The molecule has 0 atom stereocenters. The van der Waals surface area contributed by atoms with E-state index in [0.29, 0.717) is 39.1 Å². The summed E-state index contributed by atoms with van der Waals surface area (Å²) in [6, 6.07) is 29.3. The van der Waals surface area contributed by atoms with E-state index in [9.17, 15) is 9.59 Å². The highest BCUT2D eigenvalue weighted by molar-refractivity contribution is 5.83. The van der Waals surface area contributed by atoms with Gasteiger partial charge in [-0.25, -0.2) is 0 Å². The number of nitrogens with zero attached hydrogens (tertiary/aromatic N) is 2. The molecule has 2 fully saturated rings. The summed E-state index contributed by atoms with van der Waals surface area (Å²) in [6.45, 7) is 12.3. The summed E-state index contributed by atoms with van der Waals surface area (Å²) in [7, 11) is 0. The van der Waals surface area contributed by atoms with E-state index >= 15 is 0 Å². The summed E-state index contributed by atoms with van der Waals surface area (Å²) in [5.74, 6) is 0.720. The molecular weight excluding hydrogens is 729 g/mol. The van der Waals surface area contributed by atoms with E-state index in [4.69, 9.17) is 19.3 Å². The van der Waals surface area contributed by atoms with E-state index in [1.807, 2.05) is 49.4 Å². The Balaban J connectivity index is 0.000000177. The number of fused-ring (bicyclic) bond motifs is 2. The molecule has 8 rings (SSSR count). The number of aliphatic carboxylic acids is 1. The monoisotopic (exact) mass is 784 g/mol.